The molecule has 0 amide bonds. The quantitative estimate of drug-likeness (QED) is 0.586. The van der Waals surface area contributed by atoms with Gasteiger partial charge >= 0.3 is 0 Å². The molecule has 0 aromatic carbocycles. The third-order valence-corrected chi connectivity index (χ3v) is 4.02. The number of nitrogens with one attached hydrogen (secondary N) is 1. The van der Waals surface area contributed by atoms with Gasteiger partial charge in [-0.05, 0) is 25.8 Å². The monoisotopic (exact) mass is 152 g/mol. The van der Waals surface area contributed by atoms with Crippen LogP contribution in [-0.4, -0.2) is 36.6 Å². The second kappa shape index (κ2) is 1.99. The molecule has 3 rings (SSSR count). The molecule has 0 bridgehead atoms. The number of nitrogens with zero attached hydrogens (tertiary/aromatic N) is 1. The third kappa shape index (κ3) is 0.651. The average molecular weight is 152 g/mol. The summed E-state index contributed by atoms with van der Waals surface area (Å²) in [5, 5.41) is 3.39. The van der Waals surface area contributed by atoms with Gasteiger partial charge in [0, 0.05) is 31.1 Å². The van der Waals surface area contributed by atoms with Gasteiger partial charge in [0.2, 0.25) is 0 Å². The Bertz CT molecular complexity index is 176. The molecule has 3 aliphatic heterocycles. The third-order valence-electron chi connectivity index (χ3n) is 4.02. The summed E-state index contributed by atoms with van der Waals surface area (Å²) in [6.07, 6.45) is 4.43. The van der Waals surface area contributed by atoms with Gasteiger partial charge in [-0.25, -0.2) is 0 Å². The summed E-state index contributed by atoms with van der Waals surface area (Å²) < 4.78 is 0. The molecule has 3 heterocycles. The van der Waals surface area contributed by atoms with Crippen molar-refractivity contribution >= 4 is 0 Å². The first kappa shape index (κ1) is 6.44. The summed E-state index contributed by atoms with van der Waals surface area (Å²) in [6, 6.07) is 0. The average Bonchev–Trinajstić information content (AvgIpc) is 2.10. The molecular weight excluding hydrogens is 136 g/mol. The van der Waals surface area contributed by atoms with Crippen LogP contribution >= 0.6 is 0 Å². The Morgan fingerprint density at radius 1 is 1.18 bits per heavy atom. The molecule has 0 aliphatic carbocycles. The van der Waals surface area contributed by atoms with Gasteiger partial charge in [0.15, 0.2) is 0 Å². The highest BCUT2D eigenvalue weighted by molar-refractivity contribution is 5.10. The van der Waals surface area contributed by atoms with Crippen molar-refractivity contribution in [1.82, 2.24) is 10.2 Å². The molecule has 0 radical (unpaired) electrons. The van der Waals surface area contributed by atoms with Gasteiger partial charge in [-0.1, -0.05) is 0 Å². The summed E-state index contributed by atoms with van der Waals surface area (Å²) in [4.78, 5) is 2.72. The Morgan fingerprint density at radius 3 is 2.55 bits per heavy atom. The molecule has 3 saturated heterocycles. The van der Waals surface area contributed by atoms with E-state index in [2.05, 4.69) is 10.2 Å². The molecule has 0 aromatic rings. The zero-order chi connectivity index (χ0) is 7.31. The Kier molecular flexibility index (Phi) is 1.16. The lowest BCUT2D eigenvalue weighted by atomic mass is 9.71. The summed E-state index contributed by atoms with van der Waals surface area (Å²) in [7, 11) is 0. The van der Waals surface area contributed by atoms with Crippen molar-refractivity contribution in [1.29, 1.82) is 0 Å². The predicted molar refractivity (Wildman–Crippen MR) is 44.5 cm³/mol. The number of rotatable bonds is 1. The first-order valence-electron chi connectivity index (χ1n) is 4.88. The number of hydrogen-bond acceptors (Lipinski definition) is 2. The summed E-state index contributed by atoms with van der Waals surface area (Å²) >= 11 is 0. The van der Waals surface area contributed by atoms with E-state index >= 15 is 0 Å². The Morgan fingerprint density at radius 2 is 2.09 bits per heavy atom. The fourth-order valence-corrected chi connectivity index (χ4v) is 3.09. The normalized spacial score (nSPS) is 44.7. The lowest BCUT2D eigenvalue weighted by molar-refractivity contribution is -0.0419. The summed E-state index contributed by atoms with van der Waals surface area (Å²) in [5.41, 5.74) is 0.700. The van der Waals surface area contributed by atoms with E-state index in [0.717, 1.165) is 5.92 Å². The van der Waals surface area contributed by atoms with Crippen LogP contribution in [0.2, 0.25) is 0 Å². The van der Waals surface area contributed by atoms with Crippen molar-refractivity contribution in [3.05, 3.63) is 0 Å². The maximum atomic E-state index is 3.39. The van der Waals surface area contributed by atoms with Crippen LogP contribution in [0.25, 0.3) is 0 Å². The predicted octanol–water partition coefficient (Wildman–Crippen LogP) is 0.444. The zero-order valence-corrected chi connectivity index (χ0v) is 6.97. The van der Waals surface area contributed by atoms with Crippen molar-refractivity contribution < 1.29 is 0 Å². The van der Waals surface area contributed by atoms with Crippen LogP contribution in [0, 0.1) is 5.92 Å². The highest BCUT2D eigenvalue weighted by atomic mass is 15.3. The van der Waals surface area contributed by atoms with Crippen LogP contribution in [0.4, 0.5) is 0 Å². The molecule has 1 unspecified atom stereocenters. The van der Waals surface area contributed by atoms with Gasteiger partial charge in [0.05, 0.1) is 0 Å². The van der Waals surface area contributed by atoms with Gasteiger partial charge < -0.3 is 5.32 Å². The van der Waals surface area contributed by atoms with E-state index in [9.17, 15) is 0 Å². The Labute approximate surface area is 68.0 Å². The summed E-state index contributed by atoms with van der Waals surface area (Å²) in [6.45, 7) is 5.35. The van der Waals surface area contributed by atoms with Crippen LogP contribution < -0.4 is 5.32 Å². The standard InChI is InChI=1S/C9H16N2/c1-2-9(8-6-10-7-8)3-5-11(9)4-1/h8,10H,1-7H2. The molecule has 3 fully saturated rings. The van der Waals surface area contributed by atoms with Crippen molar-refractivity contribution in [2.75, 3.05) is 26.2 Å². The lowest BCUT2D eigenvalue weighted by Gasteiger charge is -2.56. The molecular formula is C9H16N2. The minimum atomic E-state index is 0.700. The molecule has 1 atom stereocenters. The Hall–Kier alpha value is -0.0800. The molecule has 62 valence electrons. The van der Waals surface area contributed by atoms with Gasteiger partial charge in [-0.15, -0.1) is 0 Å². The zero-order valence-electron chi connectivity index (χ0n) is 6.97. The van der Waals surface area contributed by atoms with Crippen LogP contribution in [0.15, 0.2) is 0 Å². The van der Waals surface area contributed by atoms with E-state index in [1.54, 1.807) is 0 Å². The molecule has 0 saturated carbocycles. The van der Waals surface area contributed by atoms with Crippen LogP contribution in [0.1, 0.15) is 19.3 Å². The molecule has 2 heteroatoms. The van der Waals surface area contributed by atoms with Gasteiger partial charge in [0.25, 0.3) is 0 Å². The summed E-state index contributed by atoms with van der Waals surface area (Å²) in [5.74, 6) is 0.999. The van der Waals surface area contributed by atoms with Crippen molar-refractivity contribution in [3.8, 4) is 0 Å². The number of hydrogen-bond donors (Lipinski definition) is 1. The van der Waals surface area contributed by atoms with E-state index in [4.69, 9.17) is 0 Å². The largest absolute Gasteiger partial charge is 0.316 e. The van der Waals surface area contributed by atoms with Crippen molar-refractivity contribution in [2.45, 2.75) is 24.8 Å². The van der Waals surface area contributed by atoms with E-state index in [1.165, 1.54) is 45.4 Å². The first-order chi connectivity index (χ1) is 5.42. The molecule has 1 N–H and O–H groups in total. The number of fused-ring (bicyclic) bond motifs is 1. The molecule has 0 aromatic heterocycles. The van der Waals surface area contributed by atoms with Crippen LogP contribution in [0.5, 0.6) is 0 Å². The van der Waals surface area contributed by atoms with Gasteiger partial charge in [-0.3, -0.25) is 4.90 Å². The van der Waals surface area contributed by atoms with E-state index < -0.39 is 0 Å². The molecule has 11 heavy (non-hydrogen) atoms. The molecule has 3 aliphatic rings. The van der Waals surface area contributed by atoms with Crippen molar-refractivity contribution in [3.63, 3.8) is 0 Å². The van der Waals surface area contributed by atoms with Gasteiger partial charge in [-0.2, -0.15) is 0 Å². The van der Waals surface area contributed by atoms with E-state index in [1.807, 2.05) is 0 Å². The van der Waals surface area contributed by atoms with E-state index in [-0.39, 0.29) is 0 Å². The van der Waals surface area contributed by atoms with E-state index in [0.29, 0.717) is 5.54 Å². The topological polar surface area (TPSA) is 15.3 Å². The second-order valence-corrected chi connectivity index (χ2v) is 4.30. The molecule has 0 spiro atoms. The highest BCUT2D eigenvalue weighted by Gasteiger charge is 2.53. The van der Waals surface area contributed by atoms with Crippen molar-refractivity contribution in [2.24, 2.45) is 5.92 Å². The fourth-order valence-electron chi connectivity index (χ4n) is 3.09. The fraction of sp³-hybridized carbons (Fsp3) is 1.00. The lowest BCUT2D eigenvalue weighted by Crippen LogP contribution is -2.67. The van der Waals surface area contributed by atoms with Gasteiger partial charge in [0.1, 0.15) is 0 Å². The SMILES string of the molecule is C1CN2CCC2(C2CNC2)C1. The second-order valence-electron chi connectivity index (χ2n) is 4.30. The maximum absolute atomic E-state index is 3.39. The highest BCUT2D eigenvalue weighted by Crippen LogP contribution is 2.46. The minimum absolute atomic E-state index is 0.700. The van der Waals surface area contributed by atoms with Crippen LogP contribution in [-0.2, 0) is 0 Å². The van der Waals surface area contributed by atoms with Crippen LogP contribution in [0.3, 0.4) is 0 Å². The first-order valence-corrected chi connectivity index (χ1v) is 4.88. The smallest absolute Gasteiger partial charge is 0.0274 e. The maximum Gasteiger partial charge on any atom is 0.0274 e. The Balaban J connectivity index is 1.81. The minimum Gasteiger partial charge on any atom is -0.316 e. The molecule has 2 nitrogen and oxygen atoms in total.